The molecule has 5 heteroatoms. The molecule has 0 bridgehead atoms. The lowest BCUT2D eigenvalue weighted by Crippen LogP contribution is -2.17. The molecule has 1 atom stereocenters. The maximum atomic E-state index is 11.6. The number of ether oxygens (including phenoxy) is 2. The number of nitrogens with two attached hydrogens (primary N) is 1. The van der Waals surface area contributed by atoms with Crippen molar-refractivity contribution in [3.05, 3.63) is 28.8 Å². The van der Waals surface area contributed by atoms with Gasteiger partial charge in [0.25, 0.3) is 0 Å². The largest absolute Gasteiger partial charge is 0.459 e. The zero-order valence-electron chi connectivity index (χ0n) is 9.20. The SMILES string of the molecule is COC(C)COC(=O)c1cc(N)cc(Cl)c1. The van der Waals surface area contributed by atoms with Gasteiger partial charge in [-0.2, -0.15) is 0 Å². The molecule has 0 saturated carbocycles. The minimum atomic E-state index is -0.460. The summed E-state index contributed by atoms with van der Waals surface area (Å²) < 4.78 is 9.97. The number of hydrogen-bond acceptors (Lipinski definition) is 4. The van der Waals surface area contributed by atoms with Gasteiger partial charge in [0.2, 0.25) is 0 Å². The van der Waals surface area contributed by atoms with E-state index < -0.39 is 5.97 Å². The number of carbonyl (C=O) groups is 1. The standard InChI is InChI=1S/C11H14ClNO3/c1-7(15-2)6-16-11(14)8-3-9(12)5-10(13)4-8/h3-5,7H,6,13H2,1-2H3. The number of benzene rings is 1. The number of halogens is 1. The molecule has 2 N–H and O–H groups in total. The van der Waals surface area contributed by atoms with Gasteiger partial charge in [-0.1, -0.05) is 11.6 Å². The summed E-state index contributed by atoms with van der Waals surface area (Å²) in [6.45, 7) is 2.00. The molecule has 16 heavy (non-hydrogen) atoms. The second-order valence-corrected chi connectivity index (χ2v) is 3.85. The molecule has 1 aromatic rings. The van der Waals surface area contributed by atoms with Crippen LogP contribution >= 0.6 is 11.6 Å². The maximum Gasteiger partial charge on any atom is 0.338 e. The Morgan fingerprint density at radius 2 is 2.19 bits per heavy atom. The van der Waals surface area contributed by atoms with Crippen molar-refractivity contribution in [2.45, 2.75) is 13.0 Å². The molecular weight excluding hydrogens is 230 g/mol. The number of nitrogen functional groups attached to an aromatic ring is 1. The van der Waals surface area contributed by atoms with Crippen LogP contribution in [0.3, 0.4) is 0 Å². The fourth-order valence-corrected chi connectivity index (χ4v) is 1.32. The summed E-state index contributed by atoms with van der Waals surface area (Å²) >= 11 is 5.77. The first kappa shape index (κ1) is 12.8. The molecule has 1 aromatic carbocycles. The van der Waals surface area contributed by atoms with E-state index in [1.807, 2.05) is 0 Å². The molecule has 0 spiro atoms. The van der Waals surface area contributed by atoms with Gasteiger partial charge >= 0.3 is 5.97 Å². The highest BCUT2D eigenvalue weighted by Crippen LogP contribution is 2.17. The second-order valence-electron chi connectivity index (χ2n) is 3.42. The number of anilines is 1. The average molecular weight is 244 g/mol. The Hall–Kier alpha value is -1.26. The predicted molar refractivity (Wildman–Crippen MR) is 62.6 cm³/mol. The predicted octanol–water partition coefficient (Wildman–Crippen LogP) is 2.11. The van der Waals surface area contributed by atoms with Gasteiger partial charge in [0, 0.05) is 17.8 Å². The van der Waals surface area contributed by atoms with Crippen LogP contribution in [0.4, 0.5) is 5.69 Å². The third-order valence-corrected chi connectivity index (χ3v) is 2.23. The first-order valence-corrected chi connectivity index (χ1v) is 5.16. The Bertz CT molecular complexity index is 361. The first-order valence-electron chi connectivity index (χ1n) is 4.79. The number of esters is 1. The van der Waals surface area contributed by atoms with Crippen molar-refractivity contribution in [3.63, 3.8) is 0 Å². The van der Waals surface area contributed by atoms with Crippen LogP contribution in [0.25, 0.3) is 0 Å². The summed E-state index contributed by atoms with van der Waals surface area (Å²) in [4.78, 5) is 11.6. The lowest BCUT2D eigenvalue weighted by Gasteiger charge is -2.10. The normalized spacial score (nSPS) is 12.2. The smallest absolute Gasteiger partial charge is 0.338 e. The van der Waals surface area contributed by atoms with E-state index in [0.29, 0.717) is 16.3 Å². The Morgan fingerprint density at radius 1 is 1.50 bits per heavy atom. The van der Waals surface area contributed by atoms with Gasteiger partial charge in [-0.25, -0.2) is 4.79 Å². The molecule has 0 saturated heterocycles. The van der Waals surface area contributed by atoms with Gasteiger partial charge < -0.3 is 15.2 Å². The van der Waals surface area contributed by atoms with E-state index in [2.05, 4.69) is 0 Å². The van der Waals surface area contributed by atoms with Gasteiger partial charge in [-0.05, 0) is 25.1 Å². The van der Waals surface area contributed by atoms with Crippen LogP contribution in [0.1, 0.15) is 17.3 Å². The Balaban J connectivity index is 2.66. The van der Waals surface area contributed by atoms with Crippen molar-refractivity contribution < 1.29 is 14.3 Å². The number of hydrogen-bond donors (Lipinski definition) is 1. The van der Waals surface area contributed by atoms with E-state index in [9.17, 15) is 4.79 Å². The summed E-state index contributed by atoms with van der Waals surface area (Å²) in [5.74, 6) is -0.460. The molecule has 0 aliphatic heterocycles. The number of rotatable bonds is 4. The Morgan fingerprint density at radius 3 is 2.75 bits per heavy atom. The van der Waals surface area contributed by atoms with Crippen LogP contribution in [0.15, 0.2) is 18.2 Å². The van der Waals surface area contributed by atoms with Crippen molar-refractivity contribution >= 4 is 23.3 Å². The molecule has 4 nitrogen and oxygen atoms in total. The van der Waals surface area contributed by atoms with Crippen molar-refractivity contribution in [2.75, 3.05) is 19.5 Å². The summed E-state index contributed by atoms with van der Waals surface area (Å²) in [6, 6.07) is 4.60. The lowest BCUT2D eigenvalue weighted by atomic mass is 10.2. The summed E-state index contributed by atoms with van der Waals surface area (Å²) in [7, 11) is 1.55. The fraction of sp³-hybridized carbons (Fsp3) is 0.364. The molecule has 88 valence electrons. The summed E-state index contributed by atoms with van der Waals surface area (Å²) in [6.07, 6.45) is -0.138. The third kappa shape index (κ3) is 3.72. The molecule has 1 rings (SSSR count). The highest BCUT2D eigenvalue weighted by atomic mass is 35.5. The molecule has 0 aromatic heterocycles. The van der Waals surface area contributed by atoms with Crippen LogP contribution in [0.5, 0.6) is 0 Å². The maximum absolute atomic E-state index is 11.6. The van der Waals surface area contributed by atoms with E-state index in [0.717, 1.165) is 0 Å². The molecule has 1 unspecified atom stereocenters. The van der Waals surface area contributed by atoms with Crippen molar-refractivity contribution in [3.8, 4) is 0 Å². The van der Waals surface area contributed by atoms with Crippen LogP contribution in [-0.2, 0) is 9.47 Å². The minimum absolute atomic E-state index is 0.138. The van der Waals surface area contributed by atoms with E-state index in [4.69, 9.17) is 26.8 Å². The van der Waals surface area contributed by atoms with E-state index in [1.54, 1.807) is 20.1 Å². The van der Waals surface area contributed by atoms with Crippen molar-refractivity contribution in [1.82, 2.24) is 0 Å². The Labute approximate surface area is 99.3 Å². The van der Waals surface area contributed by atoms with Gasteiger partial charge in [0.1, 0.15) is 6.61 Å². The van der Waals surface area contributed by atoms with Crippen molar-refractivity contribution in [1.29, 1.82) is 0 Å². The highest BCUT2D eigenvalue weighted by molar-refractivity contribution is 6.31. The molecule has 0 amide bonds. The van der Waals surface area contributed by atoms with Crippen LogP contribution < -0.4 is 5.73 Å². The second kappa shape index (κ2) is 5.72. The molecule has 0 radical (unpaired) electrons. The van der Waals surface area contributed by atoms with Crippen molar-refractivity contribution in [2.24, 2.45) is 0 Å². The quantitative estimate of drug-likeness (QED) is 0.650. The number of carbonyl (C=O) groups excluding carboxylic acids is 1. The lowest BCUT2D eigenvalue weighted by molar-refractivity contribution is 0.0169. The molecule has 0 heterocycles. The van der Waals surface area contributed by atoms with Crippen LogP contribution in [-0.4, -0.2) is 25.8 Å². The first-order chi connectivity index (χ1) is 7.52. The third-order valence-electron chi connectivity index (χ3n) is 2.01. The summed E-state index contributed by atoms with van der Waals surface area (Å²) in [5, 5.41) is 0.409. The summed E-state index contributed by atoms with van der Waals surface area (Å²) in [5.41, 5.74) is 6.33. The highest BCUT2D eigenvalue weighted by Gasteiger charge is 2.10. The van der Waals surface area contributed by atoms with E-state index in [-0.39, 0.29) is 12.7 Å². The Kier molecular flexibility index (Phi) is 4.58. The van der Waals surface area contributed by atoms with Gasteiger partial charge in [-0.3, -0.25) is 0 Å². The molecule has 0 aliphatic rings. The number of methoxy groups -OCH3 is 1. The average Bonchev–Trinajstić information content (AvgIpc) is 2.23. The van der Waals surface area contributed by atoms with E-state index in [1.165, 1.54) is 12.1 Å². The minimum Gasteiger partial charge on any atom is -0.459 e. The van der Waals surface area contributed by atoms with E-state index >= 15 is 0 Å². The van der Waals surface area contributed by atoms with Gasteiger partial charge in [0.05, 0.1) is 11.7 Å². The zero-order chi connectivity index (χ0) is 12.1. The zero-order valence-corrected chi connectivity index (χ0v) is 9.95. The monoisotopic (exact) mass is 243 g/mol. The van der Waals surface area contributed by atoms with Gasteiger partial charge in [-0.15, -0.1) is 0 Å². The van der Waals surface area contributed by atoms with Crippen LogP contribution in [0, 0.1) is 0 Å². The van der Waals surface area contributed by atoms with Gasteiger partial charge in [0.15, 0.2) is 0 Å². The van der Waals surface area contributed by atoms with Crippen LogP contribution in [0.2, 0.25) is 5.02 Å². The molecule has 0 aliphatic carbocycles. The molecular formula is C11H14ClNO3. The topological polar surface area (TPSA) is 61.5 Å². The fourth-order valence-electron chi connectivity index (χ4n) is 1.07. The molecule has 0 fully saturated rings.